The highest BCUT2D eigenvalue weighted by Crippen LogP contribution is 2.11. The summed E-state index contributed by atoms with van der Waals surface area (Å²) in [5.74, 6) is -0.196. The van der Waals surface area contributed by atoms with Gasteiger partial charge in [0.15, 0.2) is 0 Å². The van der Waals surface area contributed by atoms with Gasteiger partial charge >= 0.3 is 0 Å². The maximum atomic E-state index is 11.7. The van der Waals surface area contributed by atoms with Crippen LogP contribution in [0.2, 0.25) is 0 Å². The first-order chi connectivity index (χ1) is 7.70. The minimum atomic E-state index is -0.245. The second kappa shape index (κ2) is 4.32. The number of hydrogen-bond acceptors (Lipinski definition) is 3. The predicted molar refractivity (Wildman–Crippen MR) is 60.1 cm³/mol. The number of aromatic amines is 1. The van der Waals surface area contributed by atoms with Crippen LogP contribution in [0.15, 0.2) is 24.5 Å². The van der Waals surface area contributed by atoms with Crippen LogP contribution < -0.4 is 5.32 Å². The largest absolute Gasteiger partial charge is 0.394 e. The van der Waals surface area contributed by atoms with Crippen molar-refractivity contribution in [2.75, 3.05) is 6.61 Å². The summed E-state index contributed by atoms with van der Waals surface area (Å²) in [6, 6.07) is 4.99. The molecule has 0 spiro atoms. The highest BCUT2D eigenvalue weighted by Gasteiger charge is 2.09. The molecule has 0 aliphatic heterocycles. The number of H-pyrrole nitrogens is 1. The molecule has 84 valence electrons. The monoisotopic (exact) mass is 219 g/mol. The number of hydrogen-bond donors (Lipinski definition) is 3. The van der Waals surface area contributed by atoms with Crippen LogP contribution in [0.5, 0.6) is 0 Å². The Balaban J connectivity index is 2.22. The van der Waals surface area contributed by atoms with Gasteiger partial charge in [-0.1, -0.05) is 0 Å². The summed E-state index contributed by atoms with van der Waals surface area (Å²) >= 11 is 0. The number of amides is 1. The minimum absolute atomic E-state index is 0.0714. The summed E-state index contributed by atoms with van der Waals surface area (Å²) < 4.78 is 0. The Morgan fingerprint density at radius 3 is 3.19 bits per heavy atom. The van der Waals surface area contributed by atoms with Crippen molar-refractivity contribution in [3.05, 3.63) is 30.1 Å². The molecule has 1 heterocycles. The molecule has 1 atom stereocenters. The van der Waals surface area contributed by atoms with E-state index < -0.39 is 0 Å². The van der Waals surface area contributed by atoms with E-state index in [-0.39, 0.29) is 18.6 Å². The van der Waals surface area contributed by atoms with Crippen LogP contribution in [0.25, 0.3) is 11.0 Å². The van der Waals surface area contributed by atoms with Crippen LogP contribution in [0.3, 0.4) is 0 Å². The molecule has 2 rings (SSSR count). The number of aromatic nitrogens is 2. The van der Waals surface area contributed by atoms with Gasteiger partial charge in [0, 0.05) is 11.6 Å². The Hall–Kier alpha value is -1.88. The summed E-state index contributed by atoms with van der Waals surface area (Å²) in [5.41, 5.74) is 2.20. The van der Waals surface area contributed by atoms with E-state index in [1.54, 1.807) is 31.5 Å². The van der Waals surface area contributed by atoms with Gasteiger partial charge in [-0.05, 0) is 25.1 Å². The number of imidazole rings is 1. The second-order valence-corrected chi connectivity index (χ2v) is 3.69. The van der Waals surface area contributed by atoms with Crippen LogP contribution in [-0.4, -0.2) is 33.6 Å². The molecule has 5 heteroatoms. The van der Waals surface area contributed by atoms with Gasteiger partial charge in [0.05, 0.1) is 24.0 Å². The Morgan fingerprint density at radius 1 is 1.62 bits per heavy atom. The fourth-order valence-electron chi connectivity index (χ4n) is 1.43. The molecule has 16 heavy (non-hydrogen) atoms. The normalized spacial score (nSPS) is 12.6. The van der Waals surface area contributed by atoms with E-state index in [0.717, 1.165) is 11.0 Å². The molecule has 3 N–H and O–H groups in total. The van der Waals surface area contributed by atoms with Gasteiger partial charge in [0.2, 0.25) is 0 Å². The number of carbonyl (C=O) groups is 1. The van der Waals surface area contributed by atoms with Crippen molar-refractivity contribution in [1.29, 1.82) is 0 Å². The Bertz CT molecular complexity index is 507. The summed E-state index contributed by atoms with van der Waals surface area (Å²) in [6.07, 6.45) is 1.59. The van der Waals surface area contributed by atoms with E-state index in [0.29, 0.717) is 5.56 Å². The number of carbonyl (C=O) groups excluding carboxylic acids is 1. The van der Waals surface area contributed by atoms with E-state index in [1.165, 1.54) is 0 Å². The lowest BCUT2D eigenvalue weighted by molar-refractivity contribution is 0.0922. The van der Waals surface area contributed by atoms with E-state index in [1.807, 2.05) is 0 Å². The zero-order chi connectivity index (χ0) is 11.5. The number of aliphatic hydroxyl groups excluding tert-OH is 1. The first-order valence-corrected chi connectivity index (χ1v) is 5.05. The molecule has 0 saturated carbocycles. The molecule has 0 bridgehead atoms. The third kappa shape index (κ3) is 2.04. The van der Waals surface area contributed by atoms with Crippen LogP contribution in [-0.2, 0) is 0 Å². The maximum Gasteiger partial charge on any atom is 0.251 e. The van der Waals surface area contributed by atoms with Gasteiger partial charge in [0.25, 0.3) is 5.91 Å². The van der Waals surface area contributed by atoms with Crippen molar-refractivity contribution in [3.63, 3.8) is 0 Å². The highest BCUT2D eigenvalue weighted by atomic mass is 16.3. The molecule has 1 amide bonds. The number of fused-ring (bicyclic) bond motifs is 1. The van der Waals surface area contributed by atoms with Gasteiger partial charge in [-0.3, -0.25) is 4.79 Å². The van der Waals surface area contributed by atoms with Crippen LogP contribution in [0, 0.1) is 0 Å². The third-order valence-corrected chi connectivity index (χ3v) is 2.33. The molecule has 0 radical (unpaired) electrons. The van der Waals surface area contributed by atoms with Gasteiger partial charge in [-0.25, -0.2) is 4.98 Å². The van der Waals surface area contributed by atoms with E-state index in [9.17, 15) is 4.79 Å². The molecular weight excluding hydrogens is 206 g/mol. The molecular formula is C11H13N3O2. The number of rotatable bonds is 3. The fourth-order valence-corrected chi connectivity index (χ4v) is 1.43. The van der Waals surface area contributed by atoms with E-state index in [4.69, 9.17) is 5.11 Å². The summed E-state index contributed by atoms with van der Waals surface area (Å²) in [7, 11) is 0. The predicted octanol–water partition coefficient (Wildman–Crippen LogP) is 0.674. The van der Waals surface area contributed by atoms with Crippen molar-refractivity contribution in [1.82, 2.24) is 15.3 Å². The third-order valence-electron chi connectivity index (χ3n) is 2.33. The highest BCUT2D eigenvalue weighted by molar-refractivity contribution is 5.97. The van der Waals surface area contributed by atoms with Gasteiger partial charge in [-0.15, -0.1) is 0 Å². The SMILES string of the molecule is CC(CO)NC(=O)c1ccc2nc[nH]c2c1. The Labute approximate surface area is 92.5 Å². The zero-order valence-corrected chi connectivity index (χ0v) is 8.90. The molecule has 2 aromatic rings. The Kier molecular flexibility index (Phi) is 2.87. The first kappa shape index (κ1) is 10.6. The smallest absolute Gasteiger partial charge is 0.251 e. The van der Waals surface area contributed by atoms with Gasteiger partial charge in [-0.2, -0.15) is 0 Å². The average molecular weight is 219 g/mol. The second-order valence-electron chi connectivity index (χ2n) is 3.69. The van der Waals surface area contributed by atoms with Gasteiger partial charge < -0.3 is 15.4 Å². The lowest BCUT2D eigenvalue weighted by atomic mass is 10.2. The van der Waals surface area contributed by atoms with Crippen molar-refractivity contribution < 1.29 is 9.90 Å². The molecule has 0 aliphatic carbocycles. The van der Waals surface area contributed by atoms with E-state index >= 15 is 0 Å². The van der Waals surface area contributed by atoms with Crippen molar-refractivity contribution >= 4 is 16.9 Å². The van der Waals surface area contributed by atoms with Crippen LogP contribution in [0.4, 0.5) is 0 Å². The molecule has 0 saturated heterocycles. The van der Waals surface area contributed by atoms with Crippen LogP contribution in [0.1, 0.15) is 17.3 Å². The van der Waals surface area contributed by atoms with Crippen molar-refractivity contribution in [3.8, 4) is 0 Å². The molecule has 1 unspecified atom stereocenters. The van der Waals surface area contributed by atoms with Crippen LogP contribution >= 0.6 is 0 Å². The average Bonchev–Trinajstić information content (AvgIpc) is 2.75. The first-order valence-electron chi connectivity index (χ1n) is 5.05. The summed E-state index contributed by atoms with van der Waals surface area (Å²) in [6.45, 7) is 1.67. The summed E-state index contributed by atoms with van der Waals surface area (Å²) in [5, 5.41) is 11.5. The molecule has 0 aliphatic rings. The fraction of sp³-hybridized carbons (Fsp3) is 0.273. The molecule has 1 aromatic carbocycles. The lowest BCUT2D eigenvalue weighted by Crippen LogP contribution is -2.34. The number of nitrogens with zero attached hydrogens (tertiary/aromatic N) is 1. The van der Waals surface area contributed by atoms with Crippen molar-refractivity contribution in [2.24, 2.45) is 0 Å². The molecule has 1 aromatic heterocycles. The number of benzene rings is 1. The quantitative estimate of drug-likeness (QED) is 0.710. The minimum Gasteiger partial charge on any atom is -0.394 e. The zero-order valence-electron chi connectivity index (χ0n) is 8.90. The number of aliphatic hydroxyl groups is 1. The summed E-state index contributed by atoms with van der Waals surface area (Å²) in [4.78, 5) is 18.7. The Morgan fingerprint density at radius 2 is 2.44 bits per heavy atom. The number of nitrogens with one attached hydrogen (secondary N) is 2. The topological polar surface area (TPSA) is 78.0 Å². The van der Waals surface area contributed by atoms with Crippen molar-refractivity contribution in [2.45, 2.75) is 13.0 Å². The molecule has 5 nitrogen and oxygen atoms in total. The maximum absolute atomic E-state index is 11.7. The molecule has 0 fully saturated rings. The van der Waals surface area contributed by atoms with Gasteiger partial charge in [0.1, 0.15) is 0 Å². The standard InChI is InChI=1S/C11H13N3O2/c1-7(5-15)14-11(16)8-2-3-9-10(4-8)13-6-12-9/h2-4,6-7,15H,5H2,1H3,(H,12,13)(H,14,16). The van der Waals surface area contributed by atoms with E-state index in [2.05, 4.69) is 15.3 Å². The lowest BCUT2D eigenvalue weighted by Gasteiger charge is -2.10.